The van der Waals surface area contributed by atoms with E-state index < -0.39 is 11.4 Å². The lowest BCUT2D eigenvalue weighted by atomic mass is 9.90. The van der Waals surface area contributed by atoms with Crippen LogP contribution in [0.1, 0.15) is 42.9 Å². The van der Waals surface area contributed by atoms with Gasteiger partial charge in [-0.05, 0) is 52.2 Å². The molecule has 20 heavy (non-hydrogen) atoms. The predicted octanol–water partition coefficient (Wildman–Crippen LogP) is 3.00. The minimum Gasteiger partial charge on any atom is -0.481 e. The number of aliphatic carboxylic acids is 1. The maximum absolute atomic E-state index is 11.6. The number of carbonyl (C=O) groups is 2. The first-order valence-electron chi connectivity index (χ1n) is 6.87. The minimum atomic E-state index is -0.834. The summed E-state index contributed by atoms with van der Waals surface area (Å²) in [6.45, 7) is 5.82. The topological polar surface area (TPSA) is 66.4 Å². The largest absolute Gasteiger partial charge is 0.481 e. The van der Waals surface area contributed by atoms with E-state index in [1.54, 1.807) is 25.2 Å². The van der Waals surface area contributed by atoms with Gasteiger partial charge in [0.1, 0.15) is 0 Å². The summed E-state index contributed by atoms with van der Waals surface area (Å²) >= 11 is 1.77. The van der Waals surface area contributed by atoms with Crippen LogP contribution >= 0.6 is 11.3 Å². The highest BCUT2D eigenvalue weighted by atomic mass is 32.1. The highest BCUT2D eigenvalue weighted by molar-refractivity contribution is 7.11. The van der Waals surface area contributed by atoms with Gasteiger partial charge >= 0.3 is 5.97 Å². The van der Waals surface area contributed by atoms with E-state index in [1.807, 2.05) is 0 Å². The second kappa shape index (κ2) is 7.43. The van der Waals surface area contributed by atoms with Crippen molar-refractivity contribution < 1.29 is 14.7 Å². The molecule has 1 aromatic heterocycles. The van der Waals surface area contributed by atoms with E-state index in [1.165, 1.54) is 9.75 Å². The molecule has 0 atom stereocenters. The third-order valence-electron chi connectivity index (χ3n) is 3.27. The van der Waals surface area contributed by atoms with Crippen LogP contribution < -0.4 is 5.32 Å². The molecule has 5 heteroatoms. The second-order valence-corrected chi connectivity index (χ2v) is 7.03. The molecular formula is C15H23NO3S. The van der Waals surface area contributed by atoms with Crippen molar-refractivity contribution in [2.45, 2.75) is 46.5 Å². The van der Waals surface area contributed by atoms with Gasteiger partial charge in [-0.3, -0.25) is 9.59 Å². The molecule has 0 aliphatic carbocycles. The van der Waals surface area contributed by atoms with E-state index in [9.17, 15) is 9.59 Å². The van der Waals surface area contributed by atoms with Gasteiger partial charge in [-0.15, -0.1) is 11.3 Å². The summed E-state index contributed by atoms with van der Waals surface area (Å²) in [6.07, 6.45) is 2.68. The van der Waals surface area contributed by atoms with Crippen molar-refractivity contribution in [3.8, 4) is 0 Å². The highest BCUT2D eigenvalue weighted by Gasteiger charge is 2.26. The van der Waals surface area contributed by atoms with Crippen molar-refractivity contribution in [1.29, 1.82) is 0 Å². The summed E-state index contributed by atoms with van der Waals surface area (Å²) in [5.74, 6) is -0.834. The smallest absolute Gasteiger partial charge is 0.309 e. The Morgan fingerprint density at radius 1 is 1.35 bits per heavy atom. The summed E-state index contributed by atoms with van der Waals surface area (Å²) in [5.41, 5.74) is -0.790. The Kier molecular flexibility index (Phi) is 6.20. The lowest BCUT2D eigenvalue weighted by Crippen LogP contribution is -2.31. The second-order valence-electron chi connectivity index (χ2n) is 5.65. The van der Waals surface area contributed by atoms with E-state index in [0.717, 1.165) is 12.8 Å². The molecule has 0 bridgehead atoms. The van der Waals surface area contributed by atoms with Crippen molar-refractivity contribution in [3.63, 3.8) is 0 Å². The molecule has 2 N–H and O–H groups in total. The van der Waals surface area contributed by atoms with E-state index in [0.29, 0.717) is 19.4 Å². The Bertz CT molecular complexity index is 465. The molecule has 0 saturated heterocycles. The van der Waals surface area contributed by atoms with Gasteiger partial charge < -0.3 is 10.4 Å². The third kappa shape index (κ3) is 5.74. The number of aryl methyl sites for hydroxylation is 2. The fourth-order valence-electron chi connectivity index (χ4n) is 1.75. The average Bonchev–Trinajstić information content (AvgIpc) is 2.74. The molecule has 0 aliphatic rings. The van der Waals surface area contributed by atoms with Gasteiger partial charge in [0, 0.05) is 22.7 Å². The van der Waals surface area contributed by atoms with E-state index >= 15 is 0 Å². The number of amides is 1. The SMILES string of the molecule is Cc1ccc(CCCC(=O)NCCC(C)(C)C(=O)O)s1. The molecular weight excluding hydrogens is 274 g/mol. The van der Waals surface area contributed by atoms with Crippen molar-refractivity contribution in [1.82, 2.24) is 5.32 Å². The summed E-state index contributed by atoms with van der Waals surface area (Å²) in [4.78, 5) is 25.2. The molecule has 0 aliphatic heterocycles. The van der Waals surface area contributed by atoms with Gasteiger partial charge in [0.15, 0.2) is 0 Å². The van der Waals surface area contributed by atoms with Gasteiger partial charge in [-0.25, -0.2) is 0 Å². The minimum absolute atomic E-state index is 0.000494. The van der Waals surface area contributed by atoms with Crippen LogP contribution in [0.25, 0.3) is 0 Å². The van der Waals surface area contributed by atoms with Gasteiger partial charge in [-0.2, -0.15) is 0 Å². The highest BCUT2D eigenvalue weighted by Crippen LogP contribution is 2.19. The first-order chi connectivity index (χ1) is 9.31. The molecule has 0 fully saturated rings. The number of hydrogen-bond donors (Lipinski definition) is 2. The van der Waals surface area contributed by atoms with Crippen molar-refractivity contribution in [2.24, 2.45) is 5.41 Å². The zero-order valence-corrected chi connectivity index (χ0v) is 13.2. The van der Waals surface area contributed by atoms with Crippen LogP contribution in [0.4, 0.5) is 0 Å². The fraction of sp³-hybridized carbons (Fsp3) is 0.600. The van der Waals surface area contributed by atoms with E-state index in [-0.39, 0.29) is 5.91 Å². The number of thiophene rings is 1. The van der Waals surface area contributed by atoms with Crippen LogP contribution in [-0.4, -0.2) is 23.5 Å². The molecule has 0 aromatic carbocycles. The van der Waals surface area contributed by atoms with Crippen LogP contribution in [0.2, 0.25) is 0 Å². The summed E-state index contributed by atoms with van der Waals surface area (Å²) in [5, 5.41) is 11.8. The van der Waals surface area contributed by atoms with Crippen molar-refractivity contribution in [2.75, 3.05) is 6.54 Å². The fourth-order valence-corrected chi connectivity index (χ4v) is 2.68. The molecule has 0 saturated carbocycles. The average molecular weight is 297 g/mol. The number of carboxylic acid groups (broad SMARTS) is 1. The van der Waals surface area contributed by atoms with Crippen LogP contribution in [0, 0.1) is 12.3 Å². The van der Waals surface area contributed by atoms with Crippen LogP contribution in [-0.2, 0) is 16.0 Å². The monoisotopic (exact) mass is 297 g/mol. The number of hydrogen-bond acceptors (Lipinski definition) is 3. The maximum atomic E-state index is 11.6. The zero-order valence-electron chi connectivity index (χ0n) is 12.4. The quantitative estimate of drug-likeness (QED) is 0.775. The van der Waals surface area contributed by atoms with Gasteiger partial charge in [0.05, 0.1) is 5.41 Å². The molecule has 1 amide bonds. The Labute approximate surface area is 124 Å². The zero-order chi connectivity index (χ0) is 15.2. The molecule has 4 nitrogen and oxygen atoms in total. The molecule has 0 unspecified atom stereocenters. The van der Waals surface area contributed by atoms with Gasteiger partial charge in [0.2, 0.25) is 5.91 Å². The predicted molar refractivity (Wildman–Crippen MR) is 81.0 cm³/mol. The Hall–Kier alpha value is -1.36. The van der Waals surface area contributed by atoms with Crippen LogP contribution in [0.15, 0.2) is 12.1 Å². The van der Waals surface area contributed by atoms with Crippen molar-refractivity contribution in [3.05, 3.63) is 21.9 Å². The Balaban J connectivity index is 2.16. The van der Waals surface area contributed by atoms with Gasteiger partial charge in [-0.1, -0.05) is 0 Å². The normalized spacial score (nSPS) is 11.3. The molecule has 0 spiro atoms. The summed E-state index contributed by atoms with van der Waals surface area (Å²) in [7, 11) is 0. The van der Waals surface area contributed by atoms with E-state index in [2.05, 4.69) is 24.4 Å². The standard InChI is InChI=1S/C15H23NO3S/c1-11-7-8-12(20-11)5-4-6-13(17)16-10-9-15(2,3)14(18)19/h7-8H,4-6,9-10H2,1-3H3,(H,16,17)(H,18,19). The summed E-state index contributed by atoms with van der Waals surface area (Å²) in [6, 6.07) is 4.20. The lowest BCUT2D eigenvalue weighted by Gasteiger charge is -2.18. The Morgan fingerprint density at radius 3 is 2.60 bits per heavy atom. The molecule has 0 radical (unpaired) electrons. The number of rotatable bonds is 8. The Morgan fingerprint density at radius 2 is 2.05 bits per heavy atom. The number of nitrogens with one attached hydrogen (secondary N) is 1. The first-order valence-corrected chi connectivity index (χ1v) is 7.68. The maximum Gasteiger partial charge on any atom is 0.309 e. The molecule has 112 valence electrons. The third-order valence-corrected chi connectivity index (χ3v) is 4.33. The first kappa shape index (κ1) is 16.7. The van der Waals surface area contributed by atoms with Crippen LogP contribution in [0.5, 0.6) is 0 Å². The molecule has 1 rings (SSSR count). The molecule has 1 aromatic rings. The van der Waals surface area contributed by atoms with E-state index in [4.69, 9.17) is 5.11 Å². The lowest BCUT2D eigenvalue weighted by molar-refractivity contribution is -0.147. The van der Waals surface area contributed by atoms with Crippen molar-refractivity contribution >= 4 is 23.2 Å². The van der Waals surface area contributed by atoms with Crippen LogP contribution in [0.3, 0.4) is 0 Å². The number of carbonyl (C=O) groups excluding carboxylic acids is 1. The summed E-state index contributed by atoms with van der Waals surface area (Å²) < 4.78 is 0. The number of carboxylic acids is 1. The molecule has 1 heterocycles. The van der Waals surface area contributed by atoms with Gasteiger partial charge in [0.25, 0.3) is 0 Å².